The fraction of sp³-hybridized carbons (Fsp3) is 0.417. The van der Waals surface area contributed by atoms with Crippen LogP contribution in [0.5, 0.6) is 0 Å². The average molecular weight is 332 g/mol. The number of Topliss-reactive ketones (excluding diaryl/α,β-unsaturated/α-hetero) is 1. The molecule has 0 aromatic carbocycles. The van der Waals surface area contributed by atoms with Gasteiger partial charge in [0.25, 0.3) is 5.78 Å². The Bertz CT molecular complexity index is 494. The van der Waals surface area contributed by atoms with E-state index in [1.807, 2.05) is 0 Å². The molecule has 0 saturated carbocycles. The number of ether oxygens (including phenoxy) is 2. The maximum absolute atomic E-state index is 11.8. The van der Waals surface area contributed by atoms with Gasteiger partial charge in [-0.3, -0.25) is 9.59 Å². The molecule has 1 heterocycles. The van der Waals surface area contributed by atoms with Crippen LogP contribution in [0.2, 0.25) is 0 Å². The van der Waals surface area contributed by atoms with Crippen molar-refractivity contribution in [2.45, 2.75) is 20.4 Å². The van der Waals surface area contributed by atoms with Gasteiger partial charge >= 0.3 is 11.9 Å². The van der Waals surface area contributed by atoms with Gasteiger partial charge in [-0.2, -0.15) is 0 Å². The lowest BCUT2D eigenvalue weighted by Gasteiger charge is -2.07. The minimum absolute atomic E-state index is 0.125. The van der Waals surface area contributed by atoms with E-state index < -0.39 is 17.7 Å². The number of aromatic nitrogens is 1. The summed E-state index contributed by atoms with van der Waals surface area (Å²) in [6.07, 6.45) is 1.63. The van der Waals surface area contributed by atoms with E-state index in [-0.39, 0.29) is 25.5 Å². The summed E-state index contributed by atoms with van der Waals surface area (Å²) in [5, 5.41) is 0. The average Bonchev–Trinajstić information content (AvgIpc) is 2.69. The standard InChI is InChI=1S/C12H14BrNO5/c1-3-18-12(17)11(16)10-6-9(13)7-14(10)4-5-19-8(2)15/h6-7H,3-5H2,1-2H3. The van der Waals surface area contributed by atoms with E-state index in [1.54, 1.807) is 13.1 Å². The molecule has 0 atom stereocenters. The van der Waals surface area contributed by atoms with Crippen LogP contribution < -0.4 is 0 Å². The van der Waals surface area contributed by atoms with Crippen LogP contribution in [0.25, 0.3) is 0 Å². The molecule has 0 unspecified atom stereocenters. The predicted octanol–water partition coefficient (Wildman–Crippen LogP) is 1.56. The second-order valence-electron chi connectivity index (χ2n) is 3.63. The van der Waals surface area contributed by atoms with E-state index >= 15 is 0 Å². The van der Waals surface area contributed by atoms with Gasteiger partial charge in [0.15, 0.2) is 0 Å². The first-order valence-corrected chi connectivity index (χ1v) is 6.45. The minimum Gasteiger partial charge on any atom is -0.464 e. The summed E-state index contributed by atoms with van der Waals surface area (Å²) in [7, 11) is 0. The van der Waals surface area contributed by atoms with E-state index in [4.69, 9.17) is 4.74 Å². The molecule has 0 spiro atoms. The molecule has 0 fully saturated rings. The second-order valence-corrected chi connectivity index (χ2v) is 4.54. The molecule has 0 bridgehead atoms. The lowest BCUT2D eigenvalue weighted by Crippen LogP contribution is -2.21. The molecule has 0 aliphatic rings. The number of halogens is 1. The molecule has 7 heteroatoms. The van der Waals surface area contributed by atoms with Gasteiger partial charge in [0.05, 0.1) is 18.8 Å². The SMILES string of the molecule is CCOC(=O)C(=O)c1cc(Br)cn1CCOC(C)=O. The molecule has 0 aliphatic heterocycles. The summed E-state index contributed by atoms with van der Waals surface area (Å²) < 4.78 is 11.6. The van der Waals surface area contributed by atoms with Crippen molar-refractivity contribution in [3.63, 3.8) is 0 Å². The zero-order chi connectivity index (χ0) is 14.4. The number of hydrogen-bond acceptors (Lipinski definition) is 5. The number of carbonyl (C=O) groups is 3. The highest BCUT2D eigenvalue weighted by Gasteiger charge is 2.22. The summed E-state index contributed by atoms with van der Waals surface area (Å²) >= 11 is 3.23. The number of ketones is 1. The summed E-state index contributed by atoms with van der Waals surface area (Å²) in [6.45, 7) is 3.47. The van der Waals surface area contributed by atoms with Gasteiger partial charge in [0, 0.05) is 17.6 Å². The van der Waals surface area contributed by atoms with Crippen molar-refractivity contribution in [2.75, 3.05) is 13.2 Å². The second kappa shape index (κ2) is 7.08. The van der Waals surface area contributed by atoms with E-state index in [0.29, 0.717) is 4.47 Å². The molecular formula is C12H14BrNO5. The molecule has 19 heavy (non-hydrogen) atoms. The Hall–Kier alpha value is -1.63. The molecule has 0 radical (unpaired) electrons. The number of esters is 2. The lowest BCUT2D eigenvalue weighted by molar-refractivity contribution is -0.141. The highest BCUT2D eigenvalue weighted by atomic mass is 79.9. The quantitative estimate of drug-likeness (QED) is 0.449. The summed E-state index contributed by atoms with van der Waals surface area (Å²) in [5.74, 6) is -2.03. The molecule has 1 aromatic rings. The molecule has 0 saturated heterocycles. The molecular weight excluding hydrogens is 318 g/mol. The van der Waals surface area contributed by atoms with Gasteiger partial charge in [-0.1, -0.05) is 0 Å². The highest BCUT2D eigenvalue weighted by Crippen LogP contribution is 2.16. The fourth-order valence-electron chi connectivity index (χ4n) is 1.44. The molecule has 0 N–H and O–H groups in total. The van der Waals surface area contributed by atoms with Crippen molar-refractivity contribution in [2.24, 2.45) is 0 Å². The molecule has 6 nitrogen and oxygen atoms in total. The van der Waals surface area contributed by atoms with Crippen molar-refractivity contribution in [1.82, 2.24) is 4.57 Å². The maximum Gasteiger partial charge on any atom is 0.381 e. The van der Waals surface area contributed by atoms with Crippen LogP contribution in [-0.2, 0) is 25.6 Å². The van der Waals surface area contributed by atoms with Crippen LogP contribution >= 0.6 is 15.9 Å². The van der Waals surface area contributed by atoms with Gasteiger partial charge in [-0.05, 0) is 28.9 Å². The van der Waals surface area contributed by atoms with Crippen LogP contribution in [-0.4, -0.2) is 35.5 Å². The van der Waals surface area contributed by atoms with Crippen LogP contribution in [0, 0.1) is 0 Å². The monoisotopic (exact) mass is 331 g/mol. The maximum atomic E-state index is 11.8. The third-order valence-electron chi connectivity index (χ3n) is 2.19. The van der Waals surface area contributed by atoms with Crippen LogP contribution in [0.15, 0.2) is 16.7 Å². The molecule has 104 valence electrons. The Morgan fingerprint density at radius 1 is 1.32 bits per heavy atom. The van der Waals surface area contributed by atoms with Crippen molar-refractivity contribution >= 4 is 33.7 Å². The first kappa shape index (κ1) is 15.4. The molecule has 1 rings (SSSR count). The van der Waals surface area contributed by atoms with Gasteiger partial charge in [-0.15, -0.1) is 0 Å². The fourth-order valence-corrected chi connectivity index (χ4v) is 1.90. The zero-order valence-electron chi connectivity index (χ0n) is 10.6. The molecule has 0 amide bonds. The Balaban J connectivity index is 2.80. The van der Waals surface area contributed by atoms with E-state index in [1.165, 1.54) is 17.6 Å². The van der Waals surface area contributed by atoms with Crippen molar-refractivity contribution in [3.05, 3.63) is 22.4 Å². The first-order chi connectivity index (χ1) is 8.95. The van der Waals surface area contributed by atoms with Crippen LogP contribution in [0.3, 0.4) is 0 Å². The Morgan fingerprint density at radius 2 is 2.00 bits per heavy atom. The van der Waals surface area contributed by atoms with Gasteiger partial charge in [0.2, 0.25) is 0 Å². The van der Waals surface area contributed by atoms with Crippen molar-refractivity contribution in [3.8, 4) is 0 Å². The van der Waals surface area contributed by atoms with E-state index in [9.17, 15) is 14.4 Å². The Labute approximate surface area is 118 Å². The summed E-state index contributed by atoms with van der Waals surface area (Å²) in [4.78, 5) is 33.9. The third kappa shape index (κ3) is 4.51. The van der Waals surface area contributed by atoms with E-state index in [2.05, 4.69) is 20.7 Å². The number of hydrogen-bond donors (Lipinski definition) is 0. The minimum atomic E-state index is -0.901. The Morgan fingerprint density at radius 3 is 2.58 bits per heavy atom. The van der Waals surface area contributed by atoms with E-state index in [0.717, 1.165) is 0 Å². The van der Waals surface area contributed by atoms with Crippen LogP contribution in [0.1, 0.15) is 24.3 Å². The highest BCUT2D eigenvalue weighted by molar-refractivity contribution is 9.10. The topological polar surface area (TPSA) is 74.6 Å². The number of carbonyl (C=O) groups excluding carboxylic acids is 3. The lowest BCUT2D eigenvalue weighted by atomic mass is 10.3. The molecule has 0 aliphatic carbocycles. The van der Waals surface area contributed by atoms with Gasteiger partial charge < -0.3 is 14.0 Å². The largest absolute Gasteiger partial charge is 0.464 e. The van der Waals surface area contributed by atoms with Gasteiger partial charge in [-0.25, -0.2) is 4.79 Å². The molecule has 1 aromatic heterocycles. The van der Waals surface area contributed by atoms with Crippen molar-refractivity contribution in [1.29, 1.82) is 0 Å². The zero-order valence-corrected chi connectivity index (χ0v) is 12.2. The Kier molecular flexibility index (Phi) is 5.75. The first-order valence-electron chi connectivity index (χ1n) is 5.66. The summed E-state index contributed by atoms with van der Waals surface area (Å²) in [6, 6.07) is 1.52. The number of nitrogens with zero attached hydrogens (tertiary/aromatic N) is 1. The summed E-state index contributed by atoms with van der Waals surface area (Å²) in [5.41, 5.74) is 0.192. The smallest absolute Gasteiger partial charge is 0.381 e. The predicted molar refractivity (Wildman–Crippen MR) is 69.7 cm³/mol. The van der Waals surface area contributed by atoms with Gasteiger partial charge in [0.1, 0.15) is 6.61 Å². The van der Waals surface area contributed by atoms with Crippen molar-refractivity contribution < 1.29 is 23.9 Å². The number of rotatable bonds is 6. The third-order valence-corrected chi connectivity index (χ3v) is 2.63. The van der Waals surface area contributed by atoms with Crippen LogP contribution in [0.4, 0.5) is 0 Å². The normalized spacial score (nSPS) is 10.1.